The first-order valence-corrected chi connectivity index (χ1v) is 11.6. The Morgan fingerprint density at radius 3 is 2.94 bits per heavy atom. The largest absolute Gasteiger partial charge is 0.490 e. The zero-order valence-corrected chi connectivity index (χ0v) is 19.2. The molecule has 8 heteroatoms. The van der Waals surface area contributed by atoms with Gasteiger partial charge in [0.25, 0.3) is 5.89 Å². The van der Waals surface area contributed by atoms with Gasteiger partial charge in [0.2, 0.25) is 11.7 Å². The predicted octanol–water partition coefficient (Wildman–Crippen LogP) is 3.89. The summed E-state index contributed by atoms with van der Waals surface area (Å²) < 4.78 is 11.3. The molecule has 1 N–H and O–H groups in total. The Balaban J connectivity index is 1.48. The summed E-state index contributed by atoms with van der Waals surface area (Å²) in [5.74, 6) is 1.73. The lowest BCUT2D eigenvalue weighted by Crippen LogP contribution is -2.42. The standard InChI is InChI=1S/C26H26N4O4/c1-15(2)33-22-8-6-17(12-18(22)14-27)26-28-25(29-34-26)20-5-3-4-19-21(20)13-16-7-9-23(32)30(10-11-31)24(16)19/h3-6,8,12,15-16,24,31H,7,9-11,13H2,1-2H3/t16-,24-/m1/s1. The summed E-state index contributed by atoms with van der Waals surface area (Å²) in [6.45, 7) is 4.11. The van der Waals surface area contributed by atoms with Gasteiger partial charge in [0.1, 0.15) is 11.8 Å². The number of aliphatic hydroxyl groups is 1. The predicted molar refractivity (Wildman–Crippen MR) is 124 cm³/mol. The third kappa shape index (κ3) is 3.82. The number of benzene rings is 2. The van der Waals surface area contributed by atoms with Crippen LogP contribution in [0.4, 0.5) is 0 Å². The van der Waals surface area contributed by atoms with E-state index in [1.54, 1.807) is 18.2 Å². The van der Waals surface area contributed by atoms with Crippen molar-refractivity contribution >= 4 is 5.91 Å². The molecule has 8 nitrogen and oxygen atoms in total. The molecule has 0 spiro atoms. The number of hydrogen-bond donors (Lipinski definition) is 1. The second-order valence-corrected chi connectivity index (χ2v) is 9.04. The average molecular weight is 459 g/mol. The molecule has 1 aliphatic carbocycles. The lowest BCUT2D eigenvalue weighted by Gasteiger charge is -2.37. The Morgan fingerprint density at radius 1 is 1.32 bits per heavy atom. The van der Waals surface area contributed by atoms with Crippen molar-refractivity contribution in [2.24, 2.45) is 5.92 Å². The molecule has 5 rings (SSSR count). The van der Waals surface area contributed by atoms with Gasteiger partial charge in [-0.2, -0.15) is 10.2 Å². The van der Waals surface area contributed by atoms with Crippen molar-refractivity contribution < 1.29 is 19.2 Å². The van der Waals surface area contributed by atoms with E-state index in [1.807, 2.05) is 30.9 Å². The summed E-state index contributed by atoms with van der Waals surface area (Å²) in [7, 11) is 0. The number of rotatable bonds is 6. The fourth-order valence-corrected chi connectivity index (χ4v) is 5.17. The normalized spacial score (nSPS) is 19.1. The molecule has 1 amide bonds. The Kier molecular flexibility index (Phi) is 5.80. The van der Waals surface area contributed by atoms with Gasteiger partial charge >= 0.3 is 0 Å². The first kappa shape index (κ1) is 22.1. The van der Waals surface area contributed by atoms with Crippen LogP contribution in [0.1, 0.15) is 49.4 Å². The molecule has 0 bridgehead atoms. The number of likely N-dealkylation sites (tertiary alicyclic amines) is 1. The molecular weight excluding hydrogens is 432 g/mol. The maximum absolute atomic E-state index is 12.5. The van der Waals surface area contributed by atoms with Crippen LogP contribution in [0, 0.1) is 17.2 Å². The molecule has 1 aliphatic heterocycles. The van der Waals surface area contributed by atoms with Crippen molar-refractivity contribution in [3.63, 3.8) is 0 Å². The molecule has 1 aromatic heterocycles. The van der Waals surface area contributed by atoms with E-state index < -0.39 is 0 Å². The zero-order valence-electron chi connectivity index (χ0n) is 19.2. The quantitative estimate of drug-likeness (QED) is 0.596. The summed E-state index contributed by atoms with van der Waals surface area (Å²) in [5, 5.41) is 23.3. The fourth-order valence-electron chi connectivity index (χ4n) is 5.17. The summed E-state index contributed by atoms with van der Waals surface area (Å²) in [4.78, 5) is 19.0. The number of aliphatic hydroxyl groups excluding tert-OH is 1. The molecule has 0 unspecified atom stereocenters. The number of ether oxygens (including phenoxy) is 1. The van der Waals surface area contributed by atoms with Crippen molar-refractivity contribution in [2.75, 3.05) is 13.2 Å². The van der Waals surface area contributed by atoms with Gasteiger partial charge in [-0.3, -0.25) is 4.79 Å². The molecule has 34 heavy (non-hydrogen) atoms. The number of aromatic nitrogens is 2. The van der Waals surface area contributed by atoms with E-state index in [9.17, 15) is 15.2 Å². The minimum atomic E-state index is -0.0517. The number of fused-ring (bicyclic) bond motifs is 3. The van der Waals surface area contributed by atoms with Gasteiger partial charge in [-0.1, -0.05) is 23.4 Å². The van der Waals surface area contributed by atoms with E-state index in [4.69, 9.17) is 9.26 Å². The fraction of sp³-hybridized carbons (Fsp3) is 0.385. The van der Waals surface area contributed by atoms with Crippen LogP contribution < -0.4 is 4.74 Å². The van der Waals surface area contributed by atoms with E-state index in [0.29, 0.717) is 47.5 Å². The molecule has 2 heterocycles. The third-order valence-electron chi connectivity index (χ3n) is 6.55. The average Bonchev–Trinajstić information content (AvgIpc) is 3.46. The van der Waals surface area contributed by atoms with E-state index >= 15 is 0 Å². The topological polar surface area (TPSA) is 112 Å². The first-order valence-electron chi connectivity index (χ1n) is 11.6. The van der Waals surface area contributed by atoms with Crippen LogP contribution in [0.25, 0.3) is 22.8 Å². The number of nitrogens with zero attached hydrogens (tertiary/aromatic N) is 4. The maximum atomic E-state index is 12.5. The lowest BCUT2D eigenvalue weighted by molar-refractivity contribution is -0.139. The van der Waals surface area contributed by atoms with E-state index in [2.05, 4.69) is 22.3 Å². The molecule has 0 saturated carbocycles. The van der Waals surface area contributed by atoms with Crippen LogP contribution in [0.15, 0.2) is 40.9 Å². The number of carbonyl (C=O) groups is 1. The van der Waals surface area contributed by atoms with Crippen LogP contribution in [-0.4, -0.2) is 45.3 Å². The van der Waals surface area contributed by atoms with Crippen LogP contribution in [0.2, 0.25) is 0 Å². The summed E-state index contributed by atoms with van der Waals surface area (Å²) in [6.07, 6.45) is 2.13. The second-order valence-electron chi connectivity index (χ2n) is 9.04. The molecule has 0 radical (unpaired) electrons. The monoisotopic (exact) mass is 458 g/mol. The second kappa shape index (κ2) is 8.92. The molecule has 1 fully saturated rings. The molecular formula is C26H26N4O4. The third-order valence-corrected chi connectivity index (χ3v) is 6.55. The molecule has 2 aliphatic rings. The van der Waals surface area contributed by atoms with Gasteiger partial charge < -0.3 is 19.3 Å². The van der Waals surface area contributed by atoms with Gasteiger partial charge in [-0.05, 0) is 61.9 Å². The molecule has 2 atom stereocenters. The Labute approximate surface area is 197 Å². The van der Waals surface area contributed by atoms with E-state index in [0.717, 1.165) is 29.5 Å². The van der Waals surface area contributed by atoms with Crippen molar-refractivity contribution in [1.29, 1.82) is 5.26 Å². The highest BCUT2D eigenvalue weighted by Gasteiger charge is 2.42. The van der Waals surface area contributed by atoms with Crippen LogP contribution in [0.3, 0.4) is 0 Å². The summed E-state index contributed by atoms with van der Waals surface area (Å²) in [5.41, 5.74) is 4.16. The lowest BCUT2D eigenvalue weighted by atomic mass is 9.89. The Hall–Kier alpha value is -3.70. The minimum Gasteiger partial charge on any atom is -0.490 e. The first-order chi connectivity index (χ1) is 16.5. The maximum Gasteiger partial charge on any atom is 0.258 e. The number of piperidine rings is 1. The van der Waals surface area contributed by atoms with Crippen molar-refractivity contribution in [3.05, 3.63) is 53.1 Å². The van der Waals surface area contributed by atoms with E-state index in [-0.39, 0.29) is 24.7 Å². The van der Waals surface area contributed by atoms with Gasteiger partial charge in [-0.25, -0.2) is 0 Å². The van der Waals surface area contributed by atoms with Gasteiger partial charge in [0.05, 0.1) is 24.3 Å². The number of β-amino-alcohol motifs (C(OH)–C–C–N with tert-alkyl or cyclic N) is 1. The number of amides is 1. The van der Waals surface area contributed by atoms with E-state index in [1.165, 1.54) is 0 Å². The summed E-state index contributed by atoms with van der Waals surface area (Å²) >= 11 is 0. The number of hydrogen-bond acceptors (Lipinski definition) is 7. The smallest absolute Gasteiger partial charge is 0.258 e. The highest BCUT2D eigenvalue weighted by molar-refractivity contribution is 5.79. The van der Waals surface area contributed by atoms with Gasteiger partial charge in [0, 0.05) is 24.1 Å². The van der Waals surface area contributed by atoms with Gasteiger partial charge in [-0.15, -0.1) is 0 Å². The Bertz CT molecular complexity index is 1280. The van der Waals surface area contributed by atoms with Crippen molar-refractivity contribution in [2.45, 2.75) is 45.3 Å². The van der Waals surface area contributed by atoms with Crippen LogP contribution in [-0.2, 0) is 11.2 Å². The van der Waals surface area contributed by atoms with Crippen LogP contribution >= 0.6 is 0 Å². The Morgan fingerprint density at radius 2 is 2.18 bits per heavy atom. The number of carbonyl (C=O) groups excluding carboxylic acids is 1. The summed E-state index contributed by atoms with van der Waals surface area (Å²) in [6, 6.07) is 13.4. The zero-order chi connectivity index (χ0) is 23.8. The molecule has 174 valence electrons. The van der Waals surface area contributed by atoms with Crippen molar-refractivity contribution in [1.82, 2.24) is 15.0 Å². The highest BCUT2D eigenvalue weighted by atomic mass is 16.5. The molecule has 1 saturated heterocycles. The van der Waals surface area contributed by atoms with Crippen molar-refractivity contribution in [3.8, 4) is 34.7 Å². The molecule has 2 aromatic carbocycles. The minimum absolute atomic E-state index is 0.0265. The number of nitriles is 1. The highest BCUT2D eigenvalue weighted by Crippen LogP contribution is 2.48. The molecule has 3 aromatic rings. The van der Waals surface area contributed by atoms with Crippen LogP contribution in [0.5, 0.6) is 5.75 Å². The SMILES string of the molecule is CC(C)Oc1ccc(-c2nc(-c3cccc4c3C[C@H]3CCC(=O)N(CCO)[C@@H]43)no2)cc1C#N. The van der Waals surface area contributed by atoms with Gasteiger partial charge in [0.15, 0.2) is 0 Å².